The number of unbranched alkanes of at least 4 members (excludes halogenated alkanes) is 10. The Balaban J connectivity index is 2.07. The zero-order valence-corrected chi connectivity index (χ0v) is 18.6. The number of nitrogens with two attached hydrogens (primary N) is 1. The van der Waals surface area contributed by atoms with E-state index < -0.39 is 11.6 Å². The van der Waals surface area contributed by atoms with Crippen LogP contribution in [0.2, 0.25) is 0 Å². The Bertz CT molecular complexity index is 538. The fraction of sp³-hybridized carbons (Fsp3) is 0.800. The molecule has 3 nitrogen and oxygen atoms in total. The topological polar surface area (TPSA) is 42.9 Å². The molecule has 0 radical (unpaired) electrons. The van der Waals surface area contributed by atoms with Gasteiger partial charge in [0.1, 0.15) is 5.60 Å². The van der Waals surface area contributed by atoms with Gasteiger partial charge in [0.25, 0.3) is 0 Å². The fourth-order valence-corrected chi connectivity index (χ4v) is 3.86. The number of piperidine rings is 1. The number of esters is 1. The number of hydrogen-bond donors (Lipinski definition) is 1. The minimum atomic E-state index is -0.451. The third-order valence-electron chi connectivity index (χ3n) is 5.75. The van der Waals surface area contributed by atoms with Crippen molar-refractivity contribution in [1.29, 1.82) is 0 Å². The van der Waals surface area contributed by atoms with E-state index in [1.54, 1.807) is 0 Å². The first-order valence-corrected chi connectivity index (χ1v) is 11.6. The van der Waals surface area contributed by atoms with Crippen molar-refractivity contribution in [3.05, 3.63) is 0 Å². The van der Waals surface area contributed by atoms with Gasteiger partial charge in [-0.15, -0.1) is 0 Å². The van der Waals surface area contributed by atoms with Crippen molar-refractivity contribution < 1.29 is 14.8 Å². The molecule has 1 aliphatic rings. The molecule has 0 spiro atoms. The van der Waals surface area contributed by atoms with Crippen LogP contribution in [0, 0.1) is 29.6 Å². The van der Waals surface area contributed by atoms with Crippen LogP contribution in [0.15, 0.2) is 0 Å². The summed E-state index contributed by atoms with van der Waals surface area (Å²) in [5.41, 5.74) is -0.441. The first-order valence-electron chi connectivity index (χ1n) is 11.6. The second-order valence-corrected chi connectivity index (χ2v) is 8.62. The summed E-state index contributed by atoms with van der Waals surface area (Å²) in [6, 6.07) is 0. The predicted octanol–water partition coefficient (Wildman–Crippen LogP) is 4.60. The Kier molecular flexibility index (Phi) is 13.6. The normalized spacial score (nSPS) is 14.5. The van der Waals surface area contributed by atoms with Gasteiger partial charge in [0.05, 0.1) is 13.1 Å². The van der Waals surface area contributed by atoms with E-state index in [1.807, 2.05) is 13.8 Å². The largest absolute Gasteiger partial charge is 0.450 e. The van der Waals surface area contributed by atoms with Crippen LogP contribution >= 0.6 is 0 Å². The summed E-state index contributed by atoms with van der Waals surface area (Å²) in [4.78, 5) is 11.9. The number of quaternary nitrogens is 1. The molecule has 0 aliphatic carbocycles. The molecule has 0 amide bonds. The summed E-state index contributed by atoms with van der Waals surface area (Å²) in [5.74, 6) is 11.0. The molecule has 0 aromatic rings. The van der Waals surface area contributed by atoms with Crippen LogP contribution in [0.25, 0.3) is 0 Å². The number of rotatable bonds is 12. The van der Waals surface area contributed by atoms with Gasteiger partial charge in [0.2, 0.25) is 0 Å². The van der Waals surface area contributed by atoms with Gasteiger partial charge in [-0.05, 0) is 32.1 Å². The Labute approximate surface area is 173 Å². The molecule has 158 valence electrons. The van der Waals surface area contributed by atoms with Gasteiger partial charge in [-0.1, -0.05) is 70.6 Å². The average molecular weight is 389 g/mol. The highest BCUT2D eigenvalue weighted by Crippen LogP contribution is 2.27. The van der Waals surface area contributed by atoms with E-state index in [0.717, 1.165) is 38.8 Å². The van der Waals surface area contributed by atoms with Crippen molar-refractivity contribution in [2.75, 3.05) is 13.1 Å². The van der Waals surface area contributed by atoms with Crippen LogP contribution < -0.4 is 5.32 Å². The molecule has 28 heavy (non-hydrogen) atoms. The number of carbonyl (C=O) groups excluding carboxylic acids is 1. The van der Waals surface area contributed by atoms with Crippen LogP contribution in [0.5, 0.6) is 0 Å². The molecule has 1 aliphatic heterocycles. The smallest absolute Gasteiger partial charge is 0.385 e. The maximum atomic E-state index is 11.9. The number of ether oxygens (including phenoxy) is 1. The lowest BCUT2D eigenvalue weighted by atomic mass is 9.83. The van der Waals surface area contributed by atoms with E-state index in [9.17, 15) is 4.79 Å². The lowest BCUT2D eigenvalue weighted by molar-refractivity contribution is -0.665. The lowest BCUT2D eigenvalue weighted by Crippen LogP contribution is -2.86. The van der Waals surface area contributed by atoms with Crippen LogP contribution in [0.3, 0.4) is 0 Å². The molecule has 2 N–H and O–H groups in total. The molecule has 1 saturated heterocycles. The molecule has 1 rings (SSSR count). The van der Waals surface area contributed by atoms with Crippen LogP contribution in [0.4, 0.5) is 0 Å². The maximum absolute atomic E-state index is 11.9. The van der Waals surface area contributed by atoms with Gasteiger partial charge in [-0.3, -0.25) is 0 Å². The van der Waals surface area contributed by atoms with Crippen molar-refractivity contribution in [3.63, 3.8) is 0 Å². The summed E-state index contributed by atoms with van der Waals surface area (Å²) in [5, 5.41) is 2.32. The molecule has 0 atom stereocenters. The lowest BCUT2D eigenvalue weighted by Gasteiger charge is -2.34. The van der Waals surface area contributed by atoms with E-state index in [0.29, 0.717) is 5.92 Å². The highest BCUT2D eigenvalue weighted by atomic mass is 16.6. The van der Waals surface area contributed by atoms with Crippen molar-refractivity contribution in [1.82, 2.24) is 0 Å². The first kappa shape index (κ1) is 24.6. The standard InChI is InChI=1S/C25H41NO2/c1-4-5-6-7-8-9-10-11-12-13-14-15-16-17-18-24(27)28-25(2,3)23-19-21-26-22-20-23/h23,26H,4-14,19-22H2,1-3H3/p+1. The van der Waals surface area contributed by atoms with Gasteiger partial charge >= 0.3 is 5.97 Å². The van der Waals surface area contributed by atoms with Gasteiger partial charge in [-0.2, -0.15) is 0 Å². The third kappa shape index (κ3) is 12.1. The van der Waals surface area contributed by atoms with E-state index >= 15 is 0 Å². The van der Waals surface area contributed by atoms with Gasteiger partial charge < -0.3 is 10.1 Å². The van der Waals surface area contributed by atoms with E-state index in [-0.39, 0.29) is 0 Å². The Hall–Kier alpha value is -1.45. The Morgan fingerprint density at radius 1 is 0.929 bits per heavy atom. The van der Waals surface area contributed by atoms with Crippen molar-refractivity contribution in [3.8, 4) is 23.7 Å². The molecule has 0 saturated carbocycles. The predicted molar refractivity (Wildman–Crippen MR) is 117 cm³/mol. The molecule has 0 aromatic carbocycles. The van der Waals surface area contributed by atoms with Gasteiger partial charge in [-0.25, -0.2) is 4.79 Å². The minimum Gasteiger partial charge on any atom is -0.450 e. The number of carbonyl (C=O) groups is 1. The zero-order chi connectivity index (χ0) is 20.5. The van der Waals surface area contributed by atoms with Gasteiger partial charge in [0, 0.05) is 31.1 Å². The average Bonchev–Trinajstić information content (AvgIpc) is 2.68. The minimum absolute atomic E-state index is 0.422. The second-order valence-electron chi connectivity index (χ2n) is 8.62. The monoisotopic (exact) mass is 388 g/mol. The molecule has 3 heteroatoms. The zero-order valence-electron chi connectivity index (χ0n) is 18.6. The highest BCUT2D eigenvalue weighted by molar-refractivity contribution is 5.89. The SMILES string of the molecule is CCCCCCCCCCCCC#CC#CC(=O)OC(C)(C)C1CC[NH2+]CC1. The molecule has 1 heterocycles. The fourth-order valence-electron chi connectivity index (χ4n) is 3.86. The number of hydrogen-bond acceptors (Lipinski definition) is 2. The van der Waals surface area contributed by atoms with Crippen molar-refractivity contribution in [2.24, 2.45) is 5.92 Å². The quantitative estimate of drug-likeness (QED) is 0.230. The Morgan fingerprint density at radius 2 is 1.50 bits per heavy atom. The van der Waals surface area contributed by atoms with Gasteiger partial charge in [0.15, 0.2) is 0 Å². The van der Waals surface area contributed by atoms with Crippen molar-refractivity contribution >= 4 is 5.97 Å². The molecular weight excluding hydrogens is 346 g/mol. The summed E-state index contributed by atoms with van der Waals surface area (Å²) in [6.45, 7) is 8.49. The summed E-state index contributed by atoms with van der Waals surface area (Å²) >= 11 is 0. The van der Waals surface area contributed by atoms with E-state index in [4.69, 9.17) is 4.74 Å². The van der Waals surface area contributed by atoms with Crippen molar-refractivity contribution in [2.45, 2.75) is 110 Å². The summed E-state index contributed by atoms with van der Waals surface area (Å²) < 4.78 is 5.60. The third-order valence-corrected chi connectivity index (χ3v) is 5.75. The molecule has 0 bridgehead atoms. The van der Waals surface area contributed by atoms with Crippen LogP contribution in [-0.4, -0.2) is 24.7 Å². The van der Waals surface area contributed by atoms with Crippen LogP contribution in [0.1, 0.15) is 104 Å². The molecule has 1 fully saturated rings. The first-order chi connectivity index (χ1) is 13.6. The molecular formula is C25H42NO2+. The van der Waals surface area contributed by atoms with E-state index in [2.05, 4.69) is 35.9 Å². The molecule has 0 unspecified atom stereocenters. The second kappa shape index (κ2) is 15.5. The summed E-state index contributed by atoms with van der Waals surface area (Å²) in [6.07, 6.45) is 16.3. The Morgan fingerprint density at radius 3 is 2.11 bits per heavy atom. The summed E-state index contributed by atoms with van der Waals surface area (Å²) in [7, 11) is 0. The van der Waals surface area contributed by atoms with E-state index in [1.165, 1.54) is 57.8 Å². The van der Waals surface area contributed by atoms with Crippen LogP contribution in [-0.2, 0) is 9.53 Å². The highest BCUT2D eigenvalue weighted by Gasteiger charge is 2.34. The molecule has 0 aromatic heterocycles. The maximum Gasteiger partial charge on any atom is 0.385 e.